The fourth-order valence-electron chi connectivity index (χ4n) is 2.61. The summed E-state index contributed by atoms with van der Waals surface area (Å²) in [6, 6.07) is 26.3. The number of hydrogen-bond donors (Lipinski definition) is 3. The molecule has 0 aliphatic rings. The van der Waals surface area contributed by atoms with E-state index in [0.717, 1.165) is 11.3 Å². The zero-order chi connectivity index (χ0) is 21.0. The molecule has 0 radical (unpaired) electrons. The molecule has 0 bridgehead atoms. The molecule has 3 aromatic carbocycles. The number of benzene rings is 3. The monoisotopic (exact) mass is 421 g/mol. The third-order valence-electron chi connectivity index (χ3n) is 4.07. The minimum atomic E-state index is -0.349. The number of thiocarbonyl (C=S) groups is 1. The van der Waals surface area contributed by atoms with Crippen molar-refractivity contribution in [3.05, 3.63) is 96.1 Å². The van der Waals surface area contributed by atoms with Crippen LogP contribution in [0.5, 0.6) is 11.5 Å². The summed E-state index contributed by atoms with van der Waals surface area (Å²) in [6.07, 6.45) is 0. The fourth-order valence-corrected chi connectivity index (χ4v) is 2.73. The van der Waals surface area contributed by atoms with Crippen LogP contribution in [0, 0.1) is 0 Å². The van der Waals surface area contributed by atoms with Gasteiger partial charge in [0, 0.05) is 6.54 Å². The number of amides is 1. The lowest BCUT2D eigenvalue weighted by molar-refractivity contribution is 0.0938. The number of para-hydroxylation sites is 2. The molecule has 0 atom stereocenters. The van der Waals surface area contributed by atoms with Gasteiger partial charge in [-0.05, 0) is 42.0 Å². The van der Waals surface area contributed by atoms with Crippen molar-refractivity contribution in [1.82, 2.24) is 16.2 Å². The molecule has 3 rings (SSSR count). The molecule has 0 aliphatic carbocycles. The highest BCUT2D eigenvalue weighted by Gasteiger charge is 2.12. The first kappa shape index (κ1) is 21.1. The van der Waals surface area contributed by atoms with Crippen LogP contribution in [0.1, 0.15) is 15.9 Å². The van der Waals surface area contributed by atoms with E-state index in [9.17, 15) is 4.79 Å². The summed E-state index contributed by atoms with van der Waals surface area (Å²) in [5, 5.41) is 3.36. The van der Waals surface area contributed by atoms with E-state index in [1.807, 2.05) is 66.7 Å². The molecule has 0 aromatic heterocycles. The minimum absolute atomic E-state index is 0.309. The van der Waals surface area contributed by atoms with Gasteiger partial charge in [-0.25, -0.2) is 0 Å². The number of nitrogens with one attached hydrogen (secondary N) is 3. The second kappa shape index (κ2) is 11.4. The predicted molar refractivity (Wildman–Crippen MR) is 120 cm³/mol. The molecule has 0 aliphatic heterocycles. The van der Waals surface area contributed by atoms with Crippen molar-refractivity contribution in [1.29, 1.82) is 0 Å². The lowest BCUT2D eigenvalue weighted by Crippen LogP contribution is -2.46. The number of hydrogen-bond acceptors (Lipinski definition) is 4. The van der Waals surface area contributed by atoms with Crippen molar-refractivity contribution in [2.24, 2.45) is 0 Å². The van der Waals surface area contributed by atoms with Gasteiger partial charge in [-0.2, -0.15) is 0 Å². The summed E-state index contributed by atoms with van der Waals surface area (Å²) >= 11 is 5.20. The molecule has 30 heavy (non-hydrogen) atoms. The summed E-state index contributed by atoms with van der Waals surface area (Å²) in [5.41, 5.74) is 6.78. The molecule has 154 valence electrons. The Hall–Kier alpha value is -3.58. The molecule has 0 spiro atoms. The molecule has 1 amide bonds. The van der Waals surface area contributed by atoms with E-state index in [1.54, 1.807) is 18.2 Å². The van der Waals surface area contributed by atoms with Crippen LogP contribution >= 0.6 is 12.2 Å². The lowest BCUT2D eigenvalue weighted by Gasteiger charge is -2.14. The van der Waals surface area contributed by atoms with Crippen molar-refractivity contribution in [3.8, 4) is 11.5 Å². The van der Waals surface area contributed by atoms with Gasteiger partial charge in [0.25, 0.3) is 5.91 Å². The van der Waals surface area contributed by atoms with Crippen molar-refractivity contribution in [3.63, 3.8) is 0 Å². The third-order valence-corrected chi connectivity index (χ3v) is 4.32. The van der Waals surface area contributed by atoms with E-state index in [-0.39, 0.29) is 5.91 Å². The van der Waals surface area contributed by atoms with Crippen LogP contribution in [-0.2, 0) is 6.54 Å². The van der Waals surface area contributed by atoms with Crippen LogP contribution < -0.4 is 25.6 Å². The quantitative estimate of drug-likeness (QED) is 0.294. The van der Waals surface area contributed by atoms with Gasteiger partial charge < -0.3 is 14.8 Å². The molecule has 0 unspecified atom stereocenters. The molecule has 6 nitrogen and oxygen atoms in total. The molecular formula is C23H23N3O3S. The van der Waals surface area contributed by atoms with Crippen molar-refractivity contribution in [2.75, 3.05) is 13.2 Å². The van der Waals surface area contributed by atoms with Crippen LogP contribution in [0.3, 0.4) is 0 Å². The summed E-state index contributed by atoms with van der Waals surface area (Å²) in [4.78, 5) is 12.5. The Morgan fingerprint density at radius 1 is 0.767 bits per heavy atom. The smallest absolute Gasteiger partial charge is 0.273 e. The normalized spacial score (nSPS) is 10.0. The van der Waals surface area contributed by atoms with Crippen LogP contribution in [0.4, 0.5) is 0 Å². The van der Waals surface area contributed by atoms with Gasteiger partial charge in [0.05, 0.1) is 5.56 Å². The van der Waals surface area contributed by atoms with Crippen LogP contribution in [0.15, 0.2) is 84.9 Å². The Kier molecular flexibility index (Phi) is 8.05. The molecule has 3 aromatic rings. The first-order valence-electron chi connectivity index (χ1n) is 9.50. The number of carbonyl (C=O) groups is 1. The molecule has 0 saturated heterocycles. The number of rotatable bonds is 8. The van der Waals surface area contributed by atoms with Crippen LogP contribution in [0.2, 0.25) is 0 Å². The van der Waals surface area contributed by atoms with Gasteiger partial charge in [-0.15, -0.1) is 0 Å². The summed E-state index contributed by atoms with van der Waals surface area (Å²) in [5.74, 6) is 0.892. The van der Waals surface area contributed by atoms with E-state index in [4.69, 9.17) is 21.7 Å². The topological polar surface area (TPSA) is 71.6 Å². The highest BCUT2D eigenvalue weighted by molar-refractivity contribution is 7.80. The van der Waals surface area contributed by atoms with Gasteiger partial charge in [0.2, 0.25) is 0 Å². The number of hydrazine groups is 1. The van der Waals surface area contributed by atoms with E-state index in [1.165, 1.54) is 0 Å². The summed E-state index contributed by atoms with van der Waals surface area (Å²) in [7, 11) is 0. The SMILES string of the molecule is O=C(NNC(=S)NCc1ccccc1)c1ccccc1OCCOc1ccccc1. The fraction of sp³-hybridized carbons (Fsp3) is 0.130. The van der Waals surface area contributed by atoms with E-state index >= 15 is 0 Å². The Balaban J connectivity index is 1.44. The maximum absolute atomic E-state index is 12.5. The second-order valence-electron chi connectivity index (χ2n) is 6.25. The average molecular weight is 422 g/mol. The van der Waals surface area contributed by atoms with Crippen molar-refractivity contribution < 1.29 is 14.3 Å². The highest BCUT2D eigenvalue weighted by Crippen LogP contribution is 2.17. The zero-order valence-corrected chi connectivity index (χ0v) is 17.2. The predicted octanol–water partition coefficient (Wildman–Crippen LogP) is 3.45. The first-order valence-corrected chi connectivity index (χ1v) is 9.91. The van der Waals surface area contributed by atoms with Crippen molar-refractivity contribution in [2.45, 2.75) is 6.54 Å². The second-order valence-corrected chi connectivity index (χ2v) is 6.66. The summed E-state index contributed by atoms with van der Waals surface area (Å²) in [6.45, 7) is 1.24. The average Bonchev–Trinajstić information content (AvgIpc) is 2.80. The molecule has 0 heterocycles. The Morgan fingerprint density at radius 3 is 2.17 bits per heavy atom. The number of ether oxygens (including phenoxy) is 2. The van der Waals surface area contributed by atoms with Gasteiger partial charge >= 0.3 is 0 Å². The maximum Gasteiger partial charge on any atom is 0.273 e. The van der Waals surface area contributed by atoms with E-state index < -0.39 is 0 Å². The molecule has 3 N–H and O–H groups in total. The Labute approximate surface area is 181 Å². The summed E-state index contributed by atoms with van der Waals surface area (Å²) < 4.78 is 11.3. The zero-order valence-electron chi connectivity index (χ0n) is 16.3. The van der Waals surface area contributed by atoms with E-state index in [0.29, 0.717) is 36.2 Å². The Morgan fingerprint density at radius 2 is 1.40 bits per heavy atom. The molecular weight excluding hydrogens is 398 g/mol. The van der Waals surface area contributed by atoms with Crippen LogP contribution in [-0.4, -0.2) is 24.2 Å². The molecule has 0 fully saturated rings. The van der Waals surface area contributed by atoms with Gasteiger partial charge in [0.15, 0.2) is 5.11 Å². The minimum Gasteiger partial charge on any atom is -0.490 e. The maximum atomic E-state index is 12.5. The van der Waals surface area contributed by atoms with Gasteiger partial charge in [-0.3, -0.25) is 15.6 Å². The Bertz CT molecular complexity index is 952. The largest absolute Gasteiger partial charge is 0.490 e. The van der Waals surface area contributed by atoms with Gasteiger partial charge in [-0.1, -0.05) is 60.7 Å². The number of carbonyl (C=O) groups excluding carboxylic acids is 1. The highest BCUT2D eigenvalue weighted by atomic mass is 32.1. The first-order chi connectivity index (χ1) is 14.7. The standard InChI is InChI=1S/C23H23N3O3S/c27-22(25-26-23(30)24-17-18-9-3-1-4-10-18)20-13-7-8-14-21(20)29-16-15-28-19-11-5-2-6-12-19/h1-14H,15-17H2,(H,25,27)(H2,24,26,30). The molecule has 7 heteroatoms. The van der Waals surface area contributed by atoms with Gasteiger partial charge in [0.1, 0.15) is 24.7 Å². The lowest BCUT2D eigenvalue weighted by atomic mass is 10.2. The van der Waals surface area contributed by atoms with E-state index in [2.05, 4.69) is 16.2 Å². The van der Waals surface area contributed by atoms with Crippen molar-refractivity contribution >= 4 is 23.2 Å². The third kappa shape index (κ3) is 6.79. The molecule has 0 saturated carbocycles. The van der Waals surface area contributed by atoms with Crippen LogP contribution in [0.25, 0.3) is 0 Å².